The Kier molecular flexibility index (Phi) is 3.03. The summed E-state index contributed by atoms with van der Waals surface area (Å²) < 4.78 is 10.1. The van der Waals surface area contributed by atoms with Crippen molar-refractivity contribution in [1.29, 1.82) is 5.26 Å². The highest BCUT2D eigenvalue weighted by Crippen LogP contribution is 2.31. The molecule has 0 saturated carbocycles. The average Bonchev–Trinajstić information content (AvgIpc) is 2.36. The zero-order valence-corrected chi connectivity index (χ0v) is 10.1. The smallest absolute Gasteiger partial charge is 0.231 e. The minimum absolute atomic E-state index is 0.296. The largest absolute Gasteiger partial charge is 0.495 e. The molecule has 2 rings (SSSR count). The minimum Gasteiger partial charge on any atom is -0.495 e. The van der Waals surface area contributed by atoms with Crippen molar-refractivity contribution in [3.63, 3.8) is 0 Å². The third-order valence-electron chi connectivity index (χ3n) is 2.37. The summed E-state index contributed by atoms with van der Waals surface area (Å²) in [6.45, 7) is 0. The minimum atomic E-state index is 0.296. The first-order valence-electron chi connectivity index (χ1n) is 4.82. The van der Waals surface area contributed by atoms with Crippen molar-refractivity contribution < 1.29 is 9.47 Å². The maximum absolute atomic E-state index is 8.95. The van der Waals surface area contributed by atoms with Crippen molar-refractivity contribution in [2.45, 2.75) is 0 Å². The summed E-state index contributed by atoms with van der Waals surface area (Å²) in [7, 11) is 3.01. The average molecular weight is 249 g/mol. The number of hydrogen-bond acceptors (Lipinski definition) is 4. The van der Waals surface area contributed by atoms with Crippen molar-refractivity contribution in [3.8, 4) is 17.7 Å². The summed E-state index contributed by atoms with van der Waals surface area (Å²) in [4.78, 5) is 4.23. The fraction of sp³-hybridized carbons (Fsp3) is 0.167. The normalized spacial score (nSPS) is 10.0. The number of nitrogens with zero attached hydrogens (tertiary/aromatic N) is 2. The summed E-state index contributed by atoms with van der Waals surface area (Å²) in [6, 6.07) is 7.13. The maximum Gasteiger partial charge on any atom is 0.231 e. The number of benzene rings is 1. The van der Waals surface area contributed by atoms with E-state index in [1.54, 1.807) is 18.2 Å². The molecule has 0 aliphatic carbocycles. The Hall–Kier alpha value is -1.99. The molecule has 0 saturated heterocycles. The van der Waals surface area contributed by atoms with Crippen LogP contribution in [0.4, 0.5) is 0 Å². The van der Waals surface area contributed by atoms with E-state index in [0.29, 0.717) is 27.7 Å². The SMILES string of the molecule is COc1cc2nc(OC)c(C#N)cc2cc1Cl. The van der Waals surface area contributed by atoms with E-state index >= 15 is 0 Å². The number of aromatic nitrogens is 1. The zero-order chi connectivity index (χ0) is 12.4. The van der Waals surface area contributed by atoms with Crippen molar-refractivity contribution in [3.05, 3.63) is 28.8 Å². The van der Waals surface area contributed by atoms with E-state index < -0.39 is 0 Å². The highest BCUT2D eigenvalue weighted by molar-refractivity contribution is 6.32. The molecule has 86 valence electrons. The van der Waals surface area contributed by atoms with E-state index in [-0.39, 0.29) is 0 Å². The number of ether oxygens (including phenoxy) is 2. The topological polar surface area (TPSA) is 55.1 Å². The standard InChI is InChI=1S/C12H9ClN2O2/c1-16-11-5-10-7(4-9(11)13)3-8(6-14)12(15-10)17-2/h3-5H,1-2H3. The first-order chi connectivity index (χ1) is 8.19. The molecule has 0 spiro atoms. The Morgan fingerprint density at radius 2 is 2.00 bits per heavy atom. The van der Waals surface area contributed by atoms with Gasteiger partial charge < -0.3 is 9.47 Å². The molecule has 17 heavy (non-hydrogen) atoms. The molecular weight excluding hydrogens is 240 g/mol. The van der Waals surface area contributed by atoms with Crippen LogP contribution in [-0.4, -0.2) is 19.2 Å². The fourth-order valence-electron chi connectivity index (χ4n) is 1.55. The summed E-state index contributed by atoms with van der Waals surface area (Å²) in [6.07, 6.45) is 0. The third kappa shape index (κ3) is 1.97. The van der Waals surface area contributed by atoms with Gasteiger partial charge in [0, 0.05) is 11.5 Å². The molecule has 0 unspecified atom stereocenters. The second-order valence-corrected chi connectivity index (χ2v) is 3.74. The Bertz CT molecular complexity index is 620. The van der Waals surface area contributed by atoms with Crippen LogP contribution in [0.25, 0.3) is 10.9 Å². The molecule has 0 aliphatic rings. The van der Waals surface area contributed by atoms with Crippen LogP contribution in [0.2, 0.25) is 5.02 Å². The van der Waals surface area contributed by atoms with Crippen LogP contribution in [0.15, 0.2) is 18.2 Å². The van der Waals surface area contributed by atoms with Crippen molar-refractivity contribution in [1.82, 2.24) is 4.98 Å². The van der Waals surface area contributed by atoms with Crippen LogP contribution in [0, 0.1) is 11.3 Å². The highest BCUT2D eigenvalue weighted by atomic mass is 35.5. The van der Waals surface area contributed by atoms with E-state index in [0.717, 1.165) is 5.39 Å². The number of hydrogen-bond donors (Lipinski definition) is 0. The molecule has 0 amide bonds. The molecule has 1 aromatic heterocycles. The zero-order valence-electron chi connectivity index (χ0n) is 9.32. The Morgan fingerprint density at radius 1 is 1.24 bits per heavy atom. The maximum atomic E-state index is 8.95. The van der Waals surface area contributed by atoms with Gasteiger partial charge in [0.2, 0.25) is 5.88 Å². The van der Waals surface area contributed by atoms with E-state index in [2.05, 4.69) is 4.98 Å². The summed E-state index contributed by atoms with van der Waals surface area (Å²) >= 11 is 6.01. The van der Waals surface area contributed by atoms with Crippen molar-refractivity contribution in [2.75, 3.05) is 14.2 Å². The van der Waals surface area contributed by atoms with Crippen molar-refractivity contribution >= 4 is 22.5 Å². The molecule has 0 radical (unpaired) electrons. The summed E-state index contributed by atoms with van der Waals surface area (Å²) in [5.41, 5.74) is 1.04. The number of halogens is 1. The number of pyridine rings is 1. The van der Waals surface area contributed by atoms with Crippen molar-refractivity contribution in [2.24, 2.45) is 0 Å². The fourth-order valence-corrected chi connectivity index (χ4v) is 1.80. The summed E-state index contributed by atoms with van der Waals surface area (Å²) in [5, 5.41) is 10.2. The van der Waals surface area contributed by atoms with Gasteiger partial charge in [-0.25, -0.2) is 4.98 Å². The molecule has 2 aromatic rings. The molecule has 1 heterocycles. The lowest BCUT2D eigenvalue weighted by molar-refractivity contribution is 0.398. The highest BCUT2D eigenvalue weighted by Gasteiger charge is 2.10. The van der Waals surface area contributed by atoms with Crippen LogP contribution in [0.3, 0.4) is 0 Å². The monoisotopic (exact) mass is 248 g/mol. The third-order valence-corrected chi connectivity index (χ3v) is 2.66. The quantitative estimate of drug-likeness (QED) is 0.820. The predicted molar refractivity (Wildman–Crippen MR) is 64.6 cm³/mol. The van der Waals surface area contributed by atoms with Gasteiger partial charge in [-0.1, -0.05) is 11.6 Å². The lowest BCUT2D eigenvalue weighted by Gasteiger charge is -2.07. The number of fused-ring (bicyclic) bond motifs is 1. The lowest BCUT2D eigenvalue weighted by Crippen LogP contribution is -1.93. The van der Waals surface area contributed by atoms with Gasteiger partial charge in [0.15, 0.2) is 0 Å². The molecular formula is C12H9ClN2O2. The van der Waals surface area contributed by atoms with Gasteiger partial charge in [0.05, 0.1) is 24.8 Å². The molecule has 0 fully saturated rings. The van der Waals surface area contributed by atoms with E-state index in [9.17, 15) is 0 Å². The van der Waals surface area contributed by atoms with E-state index in [1.807, 2.05) is 6.07 Å². The van der Waals surface area contributed by atoms with Crippen LogP contribution >= 0.6 is 11.6 Å². The van der Waals surface area contributed by atoms with Gasteiger partial charge in [0.1, 0.15) is 17.4 Å². The number of nitriles is 1. The molecule has 0 N–H and O–H groups in total. The molecule has 0 atom stereocenters. The first-order valence-corrected chi connectivity index (χ1v) is 5.19. The van der Waals surface area contributed by atoms with Gasteiger partial charge >= 0.3 is 0 Å². The van der Waals surface area contributed by atoms with Gasteiger partial charge in [-0.2, -0.15) is 5.26 Å². The second-order valence-electron chi connectivity index (χ2n) is 3.34. The van der Waals surface area contributed by atoms with Crippen LogP contribution < -0.4 is 9.47 Å². The summed E-state index contributed by atoms with van der Waals surface area (Å²) in [5.74, 6) is 0.836. The first kappa shape index (κ1) is 11.5. The second kappa shape index (κ2) is 4.48. The van der Waals surface area contributed by atoms with Gasteiger partial charge in [-0.15, -0.1) is 0 Å². The predicted octanol–water partition coefficient (Wildman–Crippen LogP) is 2.78. The molecule has 4 nitrogen and oxygen atoms in total. The Balaban J connectivity index is 2.75. The van der Waals surface area contributed by atoms with Crippen LogP contribution in [0.5, 0.6) is 11.6 Å². The number of methoxy groups -OCH3 is 2. The van der Waals surface area contributed by atoms with Gasteiger partial charge in [-0.3, -0.25) is 0 Å². The Morgan fingerprint density at radius 3 is 2.59 bits per heavy atom. The van der Waals surface area contributed by atoms with E-state index in [4.69, 9.17) is 26.3 Å². The van der Waals surface area contributed by atoms with Crippen LogP contribution in [0.1, 0.15) is 5.56 Å². The van der Waals surface area contributed by atoms with Crippen LogP contribution in [-0.2, 0) is 0 Å². The molecule has 0 bridgehead atoms. The molecule has 5 heteroatoms. The Labute approximate surface area is 103 Å². The molecule has 0 aliphatic heterocycles. The van der Waals surface area contributed by atoms with Gasteiger partial charge in [-0.05, 0) is 12.1 Å². The lowest BCUT2D eigenvalue weighted by atomic mass is 10.1. The van der Waals surface area contributed by atoms with E-state index in [1.165, 1.54) is 14.2 Å². The number of rotatable bonds is 2. The molecule has 1 aromatic carbocycles. The van der Waals surface area contributed by atoms with Gasteiger partial charge in [0.25, 0.3) is 0 Å².